The minimum absolute atomic E-state index is 0.225. The summed E-state index contributed by atoms with van der Waals surface area (Å²) < 4.78 is 3.64. The Morgan fingerprint density at radius 1 is 0.400 bits per heavy atom. The van der Waals surface area contributed by atoms with Gasteiger partial charge in [0.25, 0.3) is 0 Å². The number of benzene rings is 7. The lowest BCUT2D eigenvalue weighted by Gasteiger charge is -2.22. The van der Waals surface area contributed by atoms with E-state index in [1.807, 2.05) is 12.1 Å². The Labute approximate surface area is 326 Å². The van der Waals surface area contributed by atoms with Crippen LogP contribution in [0.4, 0.5) is 0 Å². The maximum atomic E-state index is 5.27. The molecule has 55 heavy (non-hydrogen) atoms. The average Bonchev–Trinajstić information content (AvgIpc) is 3.90. The molecule has 1 aliphatic rings. The zero-order chi connectivity index (χ0) is 36.7. The monoisotopic (exact) mass is 740 g/mol. The molecule has 6 heteroatoms. The van der Waals surface area contributed by atoms with Crippen LogP contribution in [0.25, 0.3) is 97.4 Å². The smallest absolute Gasteiger partial charge is 0.165 e. The molecule has 0 amide bonds. The first-order valence-electron chi connectivity index (χ1n) is 18.5. The first kappa shape index (κ1) is 32.1. The summed E-state index contributed by atoms with van der Waals surface area (Å²) in [5.41, 5.74) is 12.2. The number of hydrogen-bond donors (Lipinski definition) is 0. The summed E-state index contributed by atoms with van der Waals surface area (Å²) in [6.45, 7) is 4.65. The fourth-order valence-electron chi connectivity index (χ4n) is 8.14. The van der Waals surface area contributed by atoms with Gasteiger partial charge in [-0.15, -0.1) is 22.7 Å². The van der Waals surface area contributed by atoms with Gasteiger partial charge < -0.3 is 0 Å². The third-order valence-corrected chi connectivity index (χ3v) is 13.3. The van der Waals surface area contributed by atoms with Gasteiger partial charge in [0.2, 0.25) is 0 Å². The molecule has 0 aliphatic heterocycles. The molecular weight excluding hydrogens is 709 g/mol. The van der Waals surface area contributed by atoms with Crippen molar-refractivity contribution in [1.82, 2.24) is 19.9 Å². The molecule has 0 N–H and O–H groups in total. The summed E-state index contributed by atoms with van der Waals surface area (Å²) >= 11 is 3.55. The summed E-state index contributed by atoms with van der Waals surface area (Å²) in [6.07, 6.45) is 0. The van der Waals surface area contributed by atoms with Crippen molar-refractivity contribution in [1.29, 1.82) is 0 Å². The van der Waals surface area contributed by atoms with Crippen molar-refractivity contribution in [2.45, 2.75) is 19.3 Å². The predicted molar refractivity (Wildman–Crippen MR) is 231 cm³/mol. The number of rotatable bonds is 5. The Morgan fingerprint density at radius 2 is 1.04 bits per heavy atom. The SMILES string of the molecule is CC1(C)c2cc(-c3nc(-c4cccc(-c5ccccc5)c4)nc(-c4cccc5c4sc4ccccc45)n3)ccc2-c2cc3nc(-c4ccccc4)sc3cc21. The van der Waals surface area contributed by atoms with E-state index in [-0.39, 0.29) is 5.41 Å². The van der Waals surface area contributed by atoms with Gasteiger partial charge in [-0.1, -0.05) is 135 Å². The van der Waals surface area contributed by atoms with Crippen molar-refractivity contribution < 1.29 is 0 Å². The van der Waals surface area contributed by atoms with Crippen LogP contribution < -0.4 is 0 Å². The number of thiophene rings is 1. The van der Waals surface area contributed by atoms with Crippen LogP contribution in [0.2, 0.25) is 0 Å². The van der Waals surface area contributed by atoms with Gasteiger partial charge in [-0.05, 0) is 69.8 Å². The van der Waals surface area contributed by atoms with E-state index >= 15 is 0 Å². The molecule has 0 spiro atoms. The molecule has 0 radical (unpaired) electrons. The van der Waals surface area contributed by atoms with Crippen LogP contribution >= 0.6 is 22.7 Å². The van der Waals surface area contributed by atoms with Crippen LogP contribution in [-0.4, -0.2) is 19.9 Å². The molecule has 3 aromatic heterocycles. The Kier molecular flexibility index (Phi) is 7.21. The molecule has 260 valence electrons. The highest BCUT2D eigenvalue weighted by atomic mass is 32.1. The second kappa shape index (κ2) is 12.4. The third kappa shape index (κ3) is 5.24. The predicted octanol–water partition coefficient (Wildman–Crippen LogP) is 13.5. The van der Waals surface area contributed by atoms with Crippen LogP contribution in [0.5, 0.6) is 0 Å². The number of nitrogens with zero attached hydrogens (tertiary/aromatic N) is 4. The van der Waals surface area contributed by atoms with Crippen LogP contribution in [-0.2, 0) is 5.41 Å². The first-order valence-corrected chi connectivity index (χ1v) is 20.1. The molecule has 11 rings (SSSR count). The van der Waals surface area contributed by atoms with Crippen LogP contribution in [0.1, 0.15) is 25.0 Å². The van der Waals surface area contributed by atoms with Crippen molar-refractivity contribution in [3.05, 3.63) is 169 Å². The van der Waals surface area contributed by atoms with E-state index in [2.05, 4.69) is 159 Å². The maximum Gasteiger partial charge on any atom is 0.165 e. The van der Waals surface area contributed by atoms with Gasteiger partial charge in [-0.2, -0.15) is 0 Å². The van der Waals surface area contributed by atoms with Crippen LogP contribution in [0, 0.1) is 0 Å². The minimum atomic E-state index is -0.225. The van der Waals surface area contributed by atoms with Crippen molar-refractivity contribution in [2.24, 2.45) is 0 Å². The van der Waals surface area contributed by atoms with Crippen molar-refractivity contribution in [3.8, 4) is 67.0 Å². The van der Waals surface area contributed by atoms with E-state index in [4.69, 9.17) is 19.9 Å². The molecule has 0 fully saturated rings. The molecule has 0 unspecified atom stereocenters. The maximum absolute atomic E-state index is 5.27. The fraction of sp³-hybridized carbons (Fsp3) is 0.0612. The topological polar surface area (TPSA) is 51.6 Å². The molecule has 3 heterocycles. The molecule has 0 saturated heterocycles. The Balaban J connectivity index is 1.07. The Hall–Kier alpha value is -6.34. The molecule has 10 aromatic rings. The van der Waals surface area contributed by atoms with Crippen LogP contribution in [0.15, 0.2) is 158 Å². The van der Waals surface area contributed by atoms with Crippen molar-refractivity contribution >= 4 is 53.1 Å². The quantitative estimate of drug-likeness (QED) is 0.176. The second-order valence-electron chi connectivity index (χ2n) is 14.7. The number of fused-ring (bicyclic) bond motifs is 7. The lowest BCUT2D eigenvalue weighted by molar-refractivity contribution is 0.661. The standard InChI is InChI=1S/C49H32N4S2/c1-49(2)39-26-33(23-24-34(39)38-27-41-43(28-40(38)49)55-48(50-41)30-15-7-4-8-16-30)46-51-45(32-18-11-17-31(25-32)29-13-5-3-6-14-29)52-47(53-46)37-21-12-20-36-35-19-9-10-22-42(35)54-44(36)37/h3-28H,1-2H3. The van der Waals surface area contributed by atoms with Gasteiger partial charge in [-0.25, -0.2) is 19.9 Å². The molecule has 4 nitrogen and oxygen atoms in total. The molecule has 0 atom stereocenters. The third-order valence-electron chi connectivity index (χ3n) is 11.0. The minimum Gasteiger partial charge on any atom is -0.236 e. The van der Waals surface area contributed by atoms with Gasteiger partial charge in [0, 0.05) is 47.8 Å². The number of aromatic nitrogens is 4. The lowest BCUT2D eigenvalue weighted by Crippen LogP contribution is -2.15. The number of hydrogen-bond acceptors (Lipinski definition) is 6. The molecule has 7 aromatic carbocycles. The van der Waals surface area contributed by atoms with Gasteiger partial charge in [-0.3, -0.25) is 0 Å². The number of thiazole rings is 1. The Bertz CT molecular complexity index is 3120. The zero-order valence-corrected chi connectivity index (χ0v) is 31.7. The fourth-order valence-corrected chi connectivity index (χ4v) is 10.3. The first-order chi connectivity index (χ1) is 27.0. The molecule has 0 saturated carbocycles. The lowest BCUT2D eigenvalue weighted by atomic mass is 9.82. The highest BCUT2D eigenvalue weighted by molar-refractivity contribution is 7.26. The highest BCUT2D eigenvalue weighted by Gasteiger charge is 2.36. The average molecular weight is 741 g/mol. The van der Waals surface area contributed by atoms with E-state index in [0.29, 0.717) is 17.5 Å². The van der Waals surface area contributed by atoms with Gasteiger partial charge in [0.1, 0.15) is 5.01 Å². The van der Waals surface area contributed by atoms with Gasteiger partial charge in [0.15, 0.2) is 17.5 Å². The van der Waals surface area contributed by atoms with Crippen LogP contribution in [0.3, 0.4) is 0 Å². The summed E-state index contributed by atoms with van der Waals surface area (Å²) in [5.74, 6) is 1.98. The van der Waals surface area contributed by atoms with Crippen molar-refractivity contribution in [3.63, 3.8) is 0 Å². The van der Waals surface area contributed by atoms with Gasteiger partial charge >= 0.3 is 0 Å². The largest absolute Gasteiger partial charge is 0.236 e. The van der Waals surface area contributed by atoms with E-state index in [0.717, 1.165) is 43.9 Å². The Morgan fingerprint density at radius 3 is 1.85 bits per heavy atom. The van der Waals surface area contributed by atoms with E-state index < -0.39 is 0 Å². The highest BCUT2D eigenvalue weighted by Crippen LogP contribution is 2.51. The summed E-state index contributed by atoms with van der Waals surface area (Å²) in [6, 6.07) is 55.9. The van der Waals surface area contributed by atoms with E-state index in [9.17, 15) is 0 Å². The zero-order valence-electron chi connectivity index (χ0n) is 30.1. The normalized spacial score (nSPS) is 13.1. The van der Waals surface area contributed by atoms with E-state index in [1.165, 1.54) is 47.1 Å². The van der Waals surface area contributed by atoms with Gasteiger partial charge in [0.05, 0.1) is 10.2 Å². The summed E-state index contributed by atoms with van der Waals surface area (Å²) in [4.78, 5) is 20.8. The molecular formula is C49H32N4S2. The molecule has 0 bridgehead atoms. The summed E-state index contributed by atoms with van der Waals surface area (Å²) in [7, 11) is 0. The van der Waals surface area contributed by atoms with Crippen molar-refractivity contribution in [2.75, 3.05) is 0 Å². The summed E-state index contributed by atoms with van der Waals surface area (Å²) in [5, 5.41) is 3.52. The molecule has 1 aliphatic carbocycles. The second-order valence-corrected chi connectivity index (χ2v) is 16.8. The van der Waals surface area contributed by atoms with E-state index in [1.54, 1.807) is 22.7 Å².